The highest BCUT2D eigenvalue weighted by Crippen LogP contribution is 2.36. The molecule has 3 nitrogen and oxygen atoms in total. The van der Waals surface area contributed by atoms with Gasteiger partial charge in [-0.25, -0.2) is 4.98 Å². The van der Waals surface area contributed by atoms with Gasteiger partial charge in [0.2, 0.25) is 0 Å². The molecule has 0 unspecified atom stereocenters. The normalized spacial score (nSPS) is 10.9. The van der Waals surface area contributed by atoms with Crippen LogP contribution >= 0.6 is 27.3 Å². The van der Waals surface area contributed by atoms with Crippen molar-refractivity contribution in [3.63, 3.8) is 0 Å². The number of thiazole rings is 1. The number of hydrogen-bond acceptors (Lipinski definition) is 4. The first-order valence-corrected chi connectivity index (χ1v) is 10.3. The Morgan fingerprint density at radius 1 is 1.07 bits per heavy atom. The first kappa shape index (κ1) is 17.9. The van der Waals surface area contributed by atoms with E-state index >= 15 is 0 Å². The van der Waals surface area contributed by atoms with Crippen molar-refractivity contribution in [2.75, 3.05) is 0 Å². The molecule has 0 radical (unpaired) electrons. The highest BCUT2D eigenvalue weighted by molar-refractivity contribution is 9.10. The Kier molecular flexibility index (Phi) is 5.05. The lowest BCUT2D eigenvalue weighted by atomic mass is 10.1. The summed E-state index contributed by atoms with van der Waals surface area (Å²) >= 11 is 5.20. The fourth-order valence-corrected chi connectivity index (χ4v) is 4.23. The molecule has 27 heavy (non-hydrogen) atoms. The molecule has 4 aromatic rings. The molecule has 0 N–H and O–H groups in total. The number of benzene rings is 3. The fourth-order valence-electron chi connectivity index (χ4n) is 2.82. The molecule has 1 heterocycles. The number of ether oxygens (including phenoxy) is 1. The lowest BCUT2D eigenvalue weighted by molar-refractivity contribution is -0.134. The van der Waals surface area contributed by atoms with Gasteiger partial charge in [-0.1, -0.05) is 55.5 Å². The summed E-state index contributed by atoms with van der Waals surface area (Å²) in [5.74, 6) is 0.296. The van der Waals surface area contributed by atoms with E-state index < -0.39 is 0 Å². The largest absolute Gasteiger partial charge is 0.425 e. The molecule has 5 heteroatoms. The molecule has 4 rings (SSSR count). The molecule has 3 aromatic carbocycles. The zero-order chi connectivity index (χ0) is 18.8. The van der Waals surface area contributed by atoms with Crippen LogP contribution in [0.5, 0.6) is 5.75 Å². The van der Waals surface area contributed by atoms with Crippen LogP contribution in [0.1, 0.15) is 13.3 Å². The average Bonchev–Trinajstić information content (AvgIpc) is 3.21. The second-order valence-corrected chi connectivity index (χ2v) is 7.70. The third kappa shape index (κ3) is 3.66. The summed E-state index contributed by atoms with van der Waals surface area (Å²) in [7, 11) is 0. The third-order valence-corrected chi connectivity index (χ3v) is 5.96. The molecule has 1 aromatic heterocycles. The van der Waals surface area contributed by atoms with Crippen molar-refractivity contribution >= 4 is 44.0 Å². The lowest BCUT2D eigenvalue weighted by Crippen LogP contribution is -2.05. The Bertz CT molecular complexity index is 1120. The molecule has 0 saturated carbocycles. The number of halogens is 1. The first-order valence-electron chi connectivity index (χ1n) is 8.60. The molecule has 0 aliphatic carbocycles. The number of nitrogens with zero attached hydrogens (tertiary/aromatic N) is 1. The van der Waals surface area contributed by atoms with E-state index in [4.69, 9.17) is 9.72 Å². The Morgan fingerprint density at radius 2 is 1.89 bits per heavy atom. The smallest absolute Gasteiger partial charge is 0.310 e. The molecule has 0 spiro atoms. The predicted molar refractivity (Wildman–Crippen MR) is 114 cm³/mol. The van der Waals surface area contributed by atoms with Crippen molar-refractivity contribution in [1.29, 1.82) is 0 Å². The second kappa shape index (κ2) is 7.62. The zero-order valence-corrected chi connectivity index (χ0v) is 17.0. The van der Waals surface area contributed by atoms with Gasteiger partial charge in [0.15, 0.2) is 0 Å². The molecule has 0 bridgehead atoms. The van der Waals surface area contributed by atoms with Gasteiger partial charge in [0.25, 0.3) is 0 Å². The highest BCUT2D eigenvalue weighted by atomic mass is 79.9. The molecule has 0 aliphatic rings. The maximum Gasteiger partial charge on any atom is 0.310 e. The van der Waals surface area contributed by atoms with Crippen molar-refractivity contribution in [1.82, 2.24) is 4.98 Å². The van der Waals surface area contributed by atoms with Gasteiger partial charge in [-0.2, -0.15) is 0 Å². The van der Waals surface area contributed by atoms with Gasteiger partial charge in [-0.3, -0.25) is 4.79 Å². The van der Waals surface area contributed by atoms with Crippen molar-refractivity contribution < 1.29 is 9.53 Å². The van der Waals surface area contributed by atoms with Crippen LogP contribution in [-0.2, 0) is 4.79 Å². The summed E-state index contributed by atoms with van der Waals surface area (Å²) in [6.45, 7) is 1.78. The SMILES string of the molecule is CCC(=O)Oc1ccc2cc(-c3csc(-c4ccccc4)n3)ccc2c1Br. The van der Waals surface area contributed by atoms with Crippen LogP contribution in [0.25, 0.3) is 32.6 Å². The Hall–Kier alpha value is -2.50. The number of aromatic nitrogens is 1. The topological polar surface area (TPSA) is 39.2 Å². The standard InChI is InChI=1S/C22H16BrNO2S/c1-2-20(25)26-19-11-9-15-12-16(8-10-17(15)21(19)23)18-13-27-22(24-18)14-6-4-3-5-7-14/h3-13H,2H2,1H3. The van der Waals surface area contributed by atoms with Crippen LogP contribution in [0.3, 0.4) is 0 Å². The maximum absolute atomic E-state index is 11.6. The number of carbonyl (C=O) groups is 1. The number of carbonyl (C=O) groups excluding carboxylic acids is 1. The summed E-state index contributed by atoms with van der Waals surface area (Å²) in [4.78, 5) is 16.4. The van der Waals surface area contributed by atoms with Crippen molar-refractivity contribution in [2.45, 2.75) is 13.3 Å². The molecule has 0 fully saturated rings. The maximum atomic E-state index is 11.6. The molecule has 0 atom stereocenters. The van der Waals surface area contributed by atoms with Crippen molar-refractivity contribution in [3.8, 4) is 27.6 Å². The van der Waals surface area contributed by atoms with Crippen LogP contribution in [-0.4, -0.2) is 11.0 Å². The van der Waals surface area contributed by atoms with E-state index in [1.807, 2.05) is 42.5 Å². The minimum Gasteiger partial charge on any atom is -0.425 e. The van der Waals surface area contributed by atoms with E-state index in [1.165, 1.54) is 0 Å². The molecule has 0 saturated heterocycles. The average molecular weight is 438 g/mol. The number of esters is 1. The summed E-state index contributed by atoms with van der Waals surface area (Å²) in [5.41, 5.74) is 3.14. The summed E-state index contributed by atoms with van der Waals surface area (Å²) in [5, 5.41) is 5.15. The first-order chi connectivity index (χ1) is 13.2. The third-order valence-electron chi connectivity index (χ3n) is 4.25. The fraction of sp³-hybridized carbons (Fsp3) is 0.0909. The quantitative estimate of drug-likeness (QED) is 0.263. The molecule has 0 aliphatic heterocycles. The van der Waals surface area contributed by atoms with Gasteiger partial charge in [0.05, 0.1) is 10.2 Å². The van der Waals surface area contributed by atoms with Gasteiger partial charge in [-0.15, -0.1) is 11.3 Å². The minimum atomic E-state index is -0.248. The van der Waals surface area contributed by atoms with E-state index in [1.54, 1.807) is 18.3 Å². The predicted octanol–water partition coefficient (Wildman–Crippen LogP) is 6.71. The Morgan fingerprint density at radius 3 is 2.67 bits per heavy atom. The van der Waals surface area contributed by atoms with Crippen molar-refractivity contribution in [3.05, 3.63) is 70.5 Å². The second-order valence-electron chi connectivity index (χ2n) is 6.05. The number of hydrogen-bond donors (Lipinski definition) is 0. The minimum absolute atomic E-state index is 0.248. The van der Waals surface area contributed by atoms with Gasteiger partial charge in [-0.05, 0) is 38.8 Å². The van der Waals surface area contributed by atoms with E-state index in [-0.39, 0.29) is 5.97 Å². The summed E-state index contributed by atoms with van der Waals surface area (Å²) < 4.78 is 6.16. The van der Waals surface area contributed by atoms with Gasteiger partial charge < -0.3 is 4.74 Å². The van der Waals surface area contributed by atoms with E-state index in [9.17, 15) is 4.79 Å². The van der Waals surface area contributed by atoms with E-state index in [0.717, 1.165) is 37.1 Å². The van der Waals surface area contributed by atoms with Gasteiger partial charge >= 0.3 is 5.97 Å². The molecule has 134 valence electrons. The highest BCUT2D eigenvalue weighted by Gasteiger charge is 2.12. The number of rotatable bonds is 4. The molecule has 0 amide bonds. The monoisotopic (exact) mass is 437 g/mol. The molecular weight excluding hydrogens is 422 g/mol. The van der Waals surface area contributed by atoms with Crippen LogP contribution in [0, 0.1) is 0 Å². The Labute approximate surface area is 169 Å². The number of fused-ring (bicyclic) bond motifs is 1. The van der Waals surface area contributed by atoms with Crippen molar-refractivity contribution in [2.24, 2.45) is 0 Å². The zero-order valence-electron chi connectivity index (χ0n) is 14.6. The Balaban J connectivity index is 1.69. The lowest BCUT2D eigenvalue weighted by Gasteiger charge is -2.09. The summed E-state index contributed by atoms with van der Waals surface area (Å²) in [6.07, 6.45) is 0.344. The van der Waals surface area contributed by atoms with Crippen LogP contribution < -0.4 is 4.74 Å². The van der Waals surface area contributed by atoms with Crippen LogP contribution in [0.2, 0.25) is 0 Å². The van der Waals surface area contributed by atoms with Crippen LogP contribution in [0.15, 0.2) is 70.5 Å². The van der Waals surface area contributed by atoms with E-state index in [2.05, 4.69) is 39.5 Å². The molecular formula is C22H16BrNO2S. The van der Waals surface area contributed by atoms with Crippen LogP contribution in [0.4, 0.5) is 0 Å². The van der Waals surface area contributed by atoms with Gasteiger partial charge in [0.1, 0.15) is 10.8 Å². The summed E-state index contributed by atoms with van der Waals surface area (Å²) in [6, 6.07) is 20.1. The van der Waals surface area contributed by atoms with E-state index in [0.29, 0.717) is 12.2 Å². The van der Waals surface area contributed by atoms with Gasteiger partial charge in [0, 0.05) is 22.9 Å².